The third kappa shape index (κ3) is 2.94. The van der Waals surface area contributed by atoms with E-state index in [0.29, 0.717) is 16.3 Å². The molecule has 0 saturated carbocycles. The van der Waals surface area contributed by atoms with Gasteiger partial charge in [-0.25, -0.2) is 4.98 Å². The van der Waals surface area contributed by atoms with Crippen LogP contribution in [0.3, 0.4) is 0 Å². The maximum absolute atomic E-state index is 12.9. The summed E-state index contributed by atoms with van der Waals surface area (Å²) in [6.07, 6.45) is 1.68. The van der Waals surface area contributed by atoms with Gasteiger partial charge in [0.05, 0.1) is 11.3 Å². The quantitative estimate of drug-likeness (QED) is 0.916. The summed E-state index contributed by atoms with van der Waals surface area (Å²) >= 11 is 1.44. The van der Waals surface area contributed by atoms with Crippen LogP contribution in [-0.2, 0) is 4.79 Å². The maximum Gasteiger partial charge on any atom is 0.261 e. The molecule has 0 spiro atoms. The molecule has 0 radical (unpaired) electrons. The Bertz CT molecular complexity index is 789. The third-order valence-corrected chi connectivity index (χ3v) is 4.55. The van der Waals surface area contributed by atoms with Gasteiger partial charge in [-0.3, -0.25) is 9.59 Å². The van der Waals surface area contributed by atoms with E-state index in [1.54, 1.807) is 23.2 Å². The number of amides is 2. The fourth-order valence-electron chi connectivity index (χ4n) is 2.57. The van der Waals surface area contributed by atoms with Gasteiger partial charge in [0.15, 0.2) is 0 Å². The van der Waals surface area contributed by atoms with Gasteiger partial charge in [0.25, 0.3) is 5.91 Å². The number of pyridine rings is 1. The van der Waals surface area contributed by atoms with E-state index in [-0.39, 0.29) is 17.9 Å². The van der Waals surface area contributed by atoms with Gasteiger partial charge in [-0.15, -0.1) is 0 Å². The molecule has 1 aromatic carbocycles. The molecule has 1 aliphatic rings. The molecule has 0 bridgehead atoms. The van der Waals surface area contributed by atoms with Gasteiger partial charge < -0.3 is 10.2 Å². The molecule has 0 atom stereocenters. The number of carbonyl (C=O) groups excluding carboxylic acids is 2. The van der Waals surface area contributed by atoms with Gasteiger partial charge in [0, 0.05) is 29.7 Å². The van der Waals surface area contributed by atoms with Gasteiger partial charge in [0.2, 0.25) is 5.91 Å². The van der Waals surface area contributed by atoms with Crippen molar-refractivity contribution in [3.63, 3.8) is 0 Å². The lowest BCUT2D eigenvalue weighted by Gasteiger charge is -2.27. The van der Waals surface area contributed by atoms with Crippen molar-refractivity contribution in [2.24, 2.45) is 0 Å². The van der Waals surface area contributed by atoms with E-state index in [2.05, 4.69) is 10.3 Å². The summed E-state index contributed by atoms with van der Waals surface area (Å²) in [5.74, 6) is -0.180. The number of nitrogens with one attached hydrogen (secondary N) is 1. The fourth-order valence-corrected chi connectivity index (χ4v) is 3.61. The molecule has 0 unspecified atom stereocenters. The average molecular weight is 327 g/mol. The van der Waals surface area contributed by atoms with E-state index < -0.39 is 0 Å². The van der Waals surface area contributed by atoms with Gasteiger partial charge in [-0.2, -0.15) is 0 Å². The van der Waals surface area contributed by atoms with Crippen LogP contribution in [0.15, 0.2) is 46.5 Å². The molecule has 2 aromatic rings. The van der Waals surface area contributed by atoms with Crippen LogP contribution >= 0.6 is 11.8 Å². The van der Waals surface area contributed by atoms with Crippen LogP contribution in [0.2, 0.25) is 0 Å². The minimum absolute atomic E-state index is 0.0135. The second-order valence-corrected chi connectivity index (χ2v) is 6.62. The van der Waals surface area contributed by atoms with Gasteiger partial charge in [-0.1, -0.05) is 11.8 Å². The van der Waals surface area contributed by atoms with Crippen molar-refractivity contribution in [2.75, 3.05) is 10.2 Å². The number of nitrogens with zero attached hydrogens (tertiary/aromatic N) is 2. The number of carbonyl (C=O) groups is 2. The minimum Gasteiger partial charge on any atom is -0.326 e. The first kappa shape index (κ1) is 15.6. The largest absolute Gasteiger partial charge is 0.326 e. The van der Waals surface area contributed by atoms with Crippen molar-refractivity contribution in [3.05, 3.63) is 42.1 Å². The monoisotopic (exact) mass is 327 g/mol. The Kier molecular flexibility index (Phi) is 4.09. The van der Waals surface area contributed by atoms with Crippen molar-refractivity contribution in [3.8, 4) is 0 Å². The zero-order chi connectivity index (χ0) is 16.6. The van der Waals surface area contributed by atoms with Gasteiger partial charge in [0.1, 0.15) is 5.03 Å². The lowest BCUT2D eigenvalue weighted by atomic mass is 10.1. The topological polar surface area (TPSA) is 62.3 Å². The smallest absolute Gasteiger partial charge is 0.261 e. The molecule has 3 rings (SSSR count). The number of aromatic nitrogens is 1. The van der Waals surface area contributed by atoms with Crippen LogP contribution in [-0.4, -0.2) is 22.8 Å². The predicted octanol–water partition coefficient (Wildman–Crippen LogP) is 3.56. The number of fused-ring (bicyclic) bond motifs is 2. The van der Waals surface area contributed by atoms with E-state index in [9.17, 15) is 9.59 Å². The molecule has 6 heteroatoms. The predicted molar refractivity (Wildman–Crippen MR) is 91.1 cm³/mol. The molecule has 5 nitrogen and oxygen atoms in total. The molecular weight excluding hydrogens is 310 g/mol. The first-order valence-electron chi connectivity index (χ1n) is 7.35. The number of rotatable bonds is 2. The zero-order valence-corrected chi connectivity index (χ0v) is 14.0. The van der Waals surface area contributed by atoms with Crippen molar-refractivity contribution >= 4 is 35.0 Å². The summed E-state index contributed by atoms with van der Waals surface area (Å²) in [6.45, 7) is 5.44. The summed E-state index contributed by atoms with van der Waals surface area (Å²) < 4.78 is 0. The fraction of sp³-hybridized carbons (Fsp3) is 0.235. The van der Waals surface area contributed by atoms with Gasteiger partial charge in [-0.05, 0) is 44.2 Å². The average Bonchev–Trinajstić information content (AvgIpc) is 2.60. The molecule has 0 fully saturated rings. The van der Waals surface area contributed by atoms with Crippen LogP contribution in [0, 0.1) is 0 Å². The standard InChI is InChI=1S/C17H17N3O2S/c1-10(2)20-14-7-6-12(19-11(3)21)9-15(14)23-16-13(17(20)22)5-4-8-18-16/h4-10H,1-3H3,(H,19,21). The lowest BCUT2D eigenvalue weighted by molar-refractivity contribution is -0.114. The number of anilines is 2. The van der Waals surface area contributed by atoms with Crippen LogP contribution < -0.4 is 10.2 Å². The number of hydrogen-bond acceptors (Lipinski definition) is 4. The Morgan fingerprint density at radius 1 is 1.30 bits per heavy atom. The third-order valence-electron chi connectivity index (χ3n) is 3.48. The summed E-state index contributed by atoms with van der Waals surface area (Å²) in [7, 11) is 0. The zero-order valence-electron chi connectivity index (χ0n) is 13.2. The molecule has 0 aliphatic carbocycles. The van der Waals surface area contributed by atoms with Crippen LogP contribution in [0.1, 0.15) is 31.1 Å². The summed E-state index contributed by atoms with van der Waals surface area (Å²) in [4.78, 5) is 31.2. The van der Waals surface area contributed by atoms with Crippen molar-refractivity contribution in [2.45, 2.75) is 36.7 Å². The Morgan fingerprint density at radius 2 is 2.09 bits per heavy atom. The Hall–Kier alpha value is -2.34. The molecule has 1 aliphatic heterocycles. The number of hydrogen-bond donors (Lipinski definition) is 1. The second-order valence-electron chi connectivity index (χ2n) is 5.59. The molecule has 118 valence electrons. The second kappa shape index (κ2) is 6.04. The molecule has 0 saturated heterocycles. The summed E-state index contributed by atoms with van der Waals surface area (Å²) in [6, 6.07) is 9.15. The first-order valence-corrected chi connectivity index (χ1v) is 8.17. The van der Waals surface area contributed by atoms with Crippen molar-refractivity contribution in [1.29, 1.82) is 0 Å². The minimum atomic E-state index is -0.126. The van der Waals surface area contributed by atoms with Crippen LogP contribution in [0.25, 0.3) is 0 Å². The lowest BCUT2D eigenvalue weighted by Crippen LogP contribution is -2.37. The summed E-state index contributed by atoms with van der Waals surface area (Å²) in [5, 5.41) is 3.46. The molecule has 2 heterocycles. The highest BCUT2D eigenvalue weighted by Crippen LogP contribution is 2.42. The highest BCUT2D eigenvalue weighted by atomic mass is 32.2. The Labute approximate surface area is 139 Å². The first-order chi connectivity index (χ1) is 11.0. The highest BCUT2D eigenvalue weighted by Gasteiger charge is 2.29. The normalized spacial score (nSPS) is 13.4. The maximum atomic E-state index is 12.9. The number of benzene rings is 1. The Balaban J connectivity index is 2.16. The van der Waals surface area contributed by atoms with Crippen molar-refractivity contribution < 1.29 is 9.59 Å². The molecule has 2 amide bonds. The van der Waals surface area contributed by atoms with E-state index in [4.69, 9.17) is 0 Å². The SMILES string of the molecule is CC(=O)Nc1ccc2c(c1)Sc1ncccc1C(=O)N2C(C)C. The summed E-state index contributed by atoms with van der Waals surface area (Å²) in [5.41, 5.74) is 2.14. The van der Waals surface area contributed by atoms with E-state index in [1.807, 2.05) is 32.0 Å². The van der Waals surface area contributed by atoms with E-state index >= 15 is 0 Å². The Morgan fingerprint density at radius 3 is 2.78 bits per heavy atom. The van der Waals surface area contributed by atoms with Gasteiger partial charge >= 0.3 is 0 Å². The molecule has 1 N–H and O–H groups in total. The molecule has 23 heavy (non-hydrogen) atoms. The van der Waals surface area contributed by atoms with Crippen LogP contribution in [0.5, 0.6) is 0 Å². The van der Waals surface area contributed by atoms with Crippen LogP contribution in [0.4, 0.5) is 11.4 Å². The van der Waals surface area contributed by atoms with E-state index in [0.717, 1.165) is 10.6 Å². The molecular formula is C17H17N3O2S. The molecule has 1 aromatic heterocycles. The van der Waals surface area contributed by atoms with Crippen molar-refractivity contribution in [1.82, 2.24) is 4.98 Å². The van der Waals surface area contributed by atoms with E-state index in [1.165, 1.54) is 18.7 Å². The highest BCUT2D eigenvalue weighted by molar-refractivity contribution is 7.99.